The summed E-state index contributed by atoms with van der Waals surface area (Å²) in [5.41, 5.74) is 0. The summed E-state index contributed by atoms with van der Waals surface area (Å²) in [7, 11) is -3.31. The summed E-state index contributed by atoms with van der Waals surface area (Å²) in [5.74, 6) is 0.365. The van der Waals surface area contributed by atoms with Crippen LogP contribution in [0.1, 0.15) is 32.1 Å². The summed E-state index contributed by atoms with van der Waals surface area (Å²) in [4.78, 5) is 2.37. The lowest BCUT2D eigenvalue weighted by Gasteiger charge is -2.31. The molecule has 6 heteroatoms. The van der Waals surface area contributed by atoms with Gasteiger partial charge in [0.1, 0.15) is 0 Å². The molecule has 0 aliphatic carbocycles. The van der Waals surface area contributed by atoms with Crippen LogP contribution in [0.4, 0.5) is 0 Å². The molecule has 0 unspecified atom stereocenters. The molecule has 1 fully saturated rings. The number of aliphatic hydroxyl groups is 1. The third-order valence-corrected chi connectivity index (χ3v) is 4.24. The number of nitrogens with zero attached hydrogens (tertiary/aromatic N) is 1. The second-order valence-electron chi connectivity index (χ2n) is 4.90. The summed E-state index contributed by atoms with van der Waals surface area (Å²) in [6.45, 7) is 3.27. The summed E-state index contributed by atoms with van der Waals surface area (Å²) >= 11 is 0. The molecule has 1 saturated heterocycles. The first kappa shape index (κ1) is 14.9. The summed E-state index contributed by atoms with van der Waals surface area (Å²) < 4.78 is 21.9. The molecule has 0 amide bonds. The van der Waals surface area contributed by atoms with Crippen molar-refractivity contribution in [1.29, 1.82) is 0 Å². The minimum Gasteiger partial charge on any atom is -0.396 e. The van der Waals surface area contributed by atoms with Crippen molar-refractivity contribution < 1.29 is 13.5 Å². The van der Waals surface area contributed by atoms with Crippen LogP contribution in [0.15, 0.2) is 0 Å². The van der Waals surface area contributed by atoms with Gasteiger partial charge in [-0.25, -0.2) is 13.6 Å². The molecule has 0 atom stereocenters. The average Bonchev–Trinajstić information content (AvgIpc) is 2.25. The van der Waals surface area contributed by atoms with Gasteiger partial charge in [-0.2, -0.15) is 0 Å². The second kappa shape index (κ2) is 7.31. The van der Waals surface area contributed by atoms with Crippen LogP contribution in [0.25, 0.3) is 0 Å². The van der Waals surface area contributed by atoms with E-state index in [-0.39, 0.29) is 18.3 Å². The number of unbranched alkanes of at least 4 members (excludes halogenated alkanes) is 2. The van der Waals surface area contributed by atoms with Crippen LogP contribution in [0.5, 0.6) is 0 Å². The Hall–Kier alpha value is -0.170. The Morgan fingerprint density at radius 1 is 1.18 bits per heavy atom. The molecular formula is C11H24N2O3S. The number of rotatable bonds is 7. The van der Waals surface area contributed by atoms with Crippen molar-refractivity contribution in [2.75, 3.05) is 32.0 Å². The zero-order valence-electron chi connectivity index (χ0n) is 10.3. The van der Waals surface area contributed by atoms with E-state index in [1.54, 1.807) is 0 Å². The van der Waals surface area contributed by atoms with Crippen LogP contribution in [0.2, 0.25) is 0 Å². The number of piperidine rings is 1. The lowest BCUT2D eigenvalue weighted by molar-refractivity contribution is 0.188. The summed E-state index contributed by atoms with van der Waals surface area (Å²) in [6.07, 6.45) is 4.91. The highest BCUT2D eigenvalue weighted by atomic mass is 32.2. The number of hydrogen-bond acceptors (Lipinski definition) is 4. The smallest absolute Gasteiger partial charge is 0.209 e. The van der Waals surface area contributed by atoms with E-state index < -0.39 is 10.0 Å². The maximum Gasteiger partial charge on any atom is 0.209 e. The molecule has 0 aromatic rings. The molecule has 17 heavy (non-hydrogen) atoms. The lowest BCUT2D eigenvalue weighted by Crippen LogP contribution is -2.37. The predicted octanol–water partition coefficient (Wildman–Crippen LogP) is 0.150. The Morgan fingerprint density at radius 3 is 2.35 bits per heavy atom. The number of primary sulfonamides is 1. The molecule has 102 valence electrons. The number of nitrogens with two attached hydrogens (primary N) is 1. The van der Waals surface area contributed by atoms with Crippen LogP contribution in [0, 0.1) is 5.92 Å². The molecule has 1 aliphatic rings. The van der Waals surface area contributed by atoms with E-state index >= 15 is 0 Å². The van der Waals surface area contributed by atoms with Crippen LogP contribution < -0.4 is 5.14 Å². The van der Waals surface area contributed by atoms with E-state index in [2.05, 4.69) is 4.90 Å². The highest BCUT2D eigenvalue weighted by Crippen LogP contribution is 2.18. The topological polar surface area (TPSA) is 83.6 Å². The Kier molecular flexibility index (Phi) is 6.40. The van der Waals surface area contributed by atoms with Crippen molar-refractivity contribution in [2.24, 2.45) is 11.1 Å². The van der Waals surface area contributed by atoms with E-state index in [0.717, 1.165) is 51.7 Å². The fraction of sp³-hybridized carbons (Fsp3) is 1.00. The third-order valence-electron chi connectivity index (χ3n) is 3.31. The summed E-state index contributed by atoms with van der Waals surface area (Å²) in [5, 5.41) is 13.7. The molecule has 1 aliphatic heterocycles. The highest BCUT2D eigenvalue weighted by molar-refractivity contribution is 7.89. The maximum atomic E-state index is 11.0. The Balaban J connectivity index is 2.13. The van der Waals surface area contributed by atoms with Gasteiger partial charge >= 0.3 is 0 Å². The first-order chi connectivity index (χ1) is 8.01. The Morgan fingerprint density at radius 2 is 1.82 bits per heavy atom. The van der Waals surface area contributed by atoms with E-state index in [1.807, 2.05) is 0 Å². The zero-order chi connectivity index (χ0) is 12.7. The van der Waals surface area contributed by atoms with Crippen molar-refractivity contribution in [2.45, 2.75) is 32.1 Å². The van der Waals surface area contributed by atoms with E-state index in [9.17, 15) is 8.42 Å². The van der Waals surface area contributed by atoms with Crippen LogP contribution in [-0.4, -0.2) is 50.4 Å². The van der Waals surface area contributed by atoms with Gasteiger partial charge in [0.2, 0.25) is 10.0 Å². The first-order valence-electron chi connectivity index (χ1n) is 6.35. The average molecular weight is 264 g/mol. The normalized spacial score (nSPS) is 19.6. The van der Waals surface area contributed by atoms with Crippen LogP contribution in [0.3, 0.4) is 0 Å². The number of likely N-dealkylation sites (tertiary alicyclic amines) is 1. The van der Waals surface area contributed by atoms with Crippen molar-refractivity contribution in [1.82, 2.24) is 4.90 Å². The van der Waals surface area contributed by atoms with Crippen molar-refractivity contribution >= 4 is 10.0 Å². The van der Waals surface area contributed by atoms with Gasteiger partial charge in [-0.15, -0.1) is 0 Å². The molecule has 1 rings (SSSR count). The molecule has 1 heterocycles. The molecule has 0 bridgehead atoms. The quantitative estimate of drug-likeness (QED) is 0.641. The van der Waals surface area contributed by atoms with Gasteiger partial charge in [0.15, 0.2) is 0 Å². The monoisotopic (exact) mass is 264 g/mol. The molecule has 5 nitrogen and oxygen atoms in total. The number of hydrogen-bond donors (Lipinski definition) is 2. The van der Waals surface area contributed by atoms with Crippen molar-refractivity contribution in [3.63, 3.8) is 0 Å². The largest absolute Gasteiger partial charge is 0.396 e. The summed E-state index contributed by atoms with van der Waals surface area (Å²) in [6, 6.07) is 0. The van der Waals surface area contributed by atoms with E-state index in [4.69, 9.17) is 10.2 Å². The molecule has 0 saturated carbocycles. The fourth-order valence-corrected chi connectivity index (χ4v) is 3.32. The molecular weight excluding hydrogens is 240 g/mol. The van der Waals surface area contributed by atoms with Gasteiger partial charge in [0.05, 0.1) is 5.75 Å². The Labute approximate surface area is 104 Å². The van der Waals surface area contributed by atoms with E-state index in [1.165, 1.54) is 0 Å². The van der Waals surface area contributed by atoms with Gasteiger partial charge in [-0.05, 0) is 57.7 Å². The Bertz CT molecular complexity index is 298. The van der Waals surface area contributed by atoms with Crippen molar-refractivity contribution in [3.8, 4) is 0 Å². The molecule has 0 radical (unpaired) electrons. The van der Waals surface area contributed by atoms with Gasteiger partial charge in [0.25, 0.3) is 0 Å². The highest BCUT2D eigenvalue weighted by Gasteiger charge is 2.22. The van der Waals surface area contributed by atoms with Gasteiger partial charge < -0.3 is 10.0 Å². The van der Waals surface area contributed by atoms with Gasteiger partial charge in [-0.3, -0.25) is 0 Å². The maximum absolute atomic E-state index is 11.0. The van der Waals surface area contributed by atoms with Crippen molar-refractivity contribution in [3.05, 3.63) is 0 Å². The van der Waals surface area contributed by atoms with E-state index in [0.29, 0.717) is 0 Å². The molecule has 0 aromatic carbocycles. The first-order valence-corrected chi connectivity index (χ1v) is 8.06. The van der Waals surface area contributed by atoms with Gasteiger partial charge in [0, 0.05) is 6.61 Å². The molecule has 3 N–H and O–H groups in total. The molecule has 0 spiro atoms. The fourth-order valence-electron chi connectivity index (χ4n) is 2.33. The lowest BCUT2D eigenvalue weighted by atomic mass is 9.99. The third kappa shape index (κ3) is 6.98. The predicted molar refractivity (Wildman–Crippen MR) is 68.1 cm³/mol. The van der Waals surface area contributed by atoms with Crippen LogP contribution >= 0.6 is 0 Å². The standard InChI is InChI=1S/C11H24N2O3S/c12-17(15,16)10-11-4-7-13(8-5-11)6-2-1-3-9-14/h11,14H,1-10H2,(H2,12,15,16). The number of aliphatic hydroxyl groups excluding tert-OH is 1. The second-order valence-corrected chi connectivity index (χ2v) is 6.56. The van der Waals surface area contributed by atoms with Gasteiger partial charge in [-0.1, -0.05) is 0 Å². The molecule has 0 aromatic heterocycles. The van der Waals surface area contributed by atoms with Crippen LogP contribution in [-0.2, 0) is 10.0 Å². The zero-order valence-corrected chi connectivity index (χ0v) is 11.2. The number of sulfonamides is 1. The SMILES string of the molecule is NS(=O)(=O)CC1CCN(CCCCCO)CC1. The minimum atomic E-state index is -3.31. The minimum absolute atomic E-state index is 0.130.